The number of benzene rings is 1. The Bertz CT molecular complexity index is 987. The van der Waals surface area contributed by atoms with Crippen LogP contribution in [-0.4, -0.2) is 46.8 Å². The highest BCUT2D eigenvalue weighted by Crippen LogP contribution is 2.50. The average Bonchev–Trinajstić information content (AvgIpc) is 3.14. The van der Waals surface area contributed by atoms with Crippen LogP contribution in [0.4, 0.5) is 22.0 Å². The van der Waals surface area contributed by atoms with Crippen molar-refractivity contribution < 1.29 is 26.7 Å². The van der Waals surface area contributed by atoms with Crippen LogP contribution in [0.15, 0.2) is 36.4 Å². The molecule has 2 atom stereocenters. The van der Waals surface area contributed by atoms with Crippen LogP contribution < -0.4 is 0 Å². The molecule has 32 heavy (non-hydrogen) atoms. The van der Waals surface area contributed by atoms with Crippen LogP contribution >= 0.6 is 0 Å². The standard InChI is InChI=1S/C22H21F5N4O/c23-21(24)14-32-19(21)20(8-7-15-1-3-16(11-28)4-2-15)9-10-31(13-20)12-17-5-6-18(30-29-17)22(25,26)27/h1-6,19H,7-10,12-14H2/t19-,20-/m1/s1. The van der Waals surface area contributed by atoms with E-state index in [9.17, 15) is 22.0 Å². The Morgan fingerprint density at radius 1 is 1.12 bits per heavy atom. The summed E-state index contributed by atoms with van der Waals surface area (Å²) < 4.78 is 72.0. The van der Waals surface area contributed by atoms with Crippen molar-refractivity contribution in [3.05, 3.63) is 58.9 Å². The van der Waals surface area contributed by atoms with Crippen LogP contribution in [0.5, 0.6) is 0 Å². The van der Waals surface area contributed by atoms with Crippen molar-refractivity contribution in [2.24, 2.45) is 5.41 Å². The lowest BCUT2D eigenvalue weighted by molar-refractivity contribution is -0.301. The monoisotopic (exact) mass is 452 g/mol. The minimum Gasteiger partial charge on any atom is -0.365 e. The largest absolute Gasteiger partial charge is 0.435 e. The average molecular weight is 452 g/mol. The molecule has 0 amide bonds. The quantitative estimate of drug-likeness (QED) is 0.614. The lowest BCUT2D eigenvalue weighted by Crippen LogP contribution is -2.61. The van der Waals surface area contributed by atoms with Gasteiger partial charge in [-0.1, -0.05) is 12.1 Å². The molecule has 0 spiro atoms. The van der Waals surface area contributed by atoms with E-state index in [-0.39, 0.29) is 6.54 Å². The van der Waals surface area contributed by atoms with E-state index < -0.39 is 35.9 Å². The second kappa shape index (κ2) is 8.37. The summed E-state index contributed by atoms with van der Waals surface area (Å²) in [4.78, 5) is 1.91. The van der Waals surface area contributed by atoms with Crippen LogP contribution in [0.2, 0.25) is 0 Å². The van der Waals surface area contributed by atoms with Gasteiger partial charge in [0.25, 0.3) is 5.92 Å². The van der Waals surface area contributed by atoms with Gasteiger partial charge in [-0.05, 0) is 55.6 Å². The van der Waals surface area contributed by atoms with E-state index in [4.69, 9.17) is 10.00 Å². The molecule has 1 aromatic heterocycles. The molecule has 0 N–H and O–H groups in total. The summed E-state index contributed by atoms with van der Waals surface area (Å²) in [6.45, 7) is 0.459. The highest BCUT2D eigenvalue weighted by atomic mass is 19.4. The number of nitriles is 1. The van der Waals surface area contributed by atoms with Gasteiger partial charge in [0.1, 0.15) is 12.7 Å². The van der Waals surface area contributed by atoms with Crippen molar-refractivity contribution >= 4 is 0 Å². The summed E-state index contributed by atoms with van der Waals surface area (Å²) in [5.74, 6) is -2.91. The summed E-state index contributed by atoms with van der Waals surface area (Å²) in [7, 11) is 0. The zero-order valence-corrected chi connectivity index (χ0v) is 17.1. The summed E-state index contributed by atoms with van der Waals surface area (Å²) in [5.41, 5.74) is -0.0288. The van der Waals surface area contributed by atoms with E-state index in [1.165, 1.54) is 6.07 Å². The molecule has 0 unspecified atom stereocenters. The molecule has 1 aromatic carbocycles. The fraction of sp³-hybridized carbons (Fsp3) is 0.500. The molecule has 3 heterocycles. The lowest BCUT2D eigenvalue weighted by Gasteiger charge is -2.48. The van der Waals surface area contributed by atoms with Crippen molar-refractivity contribution in [1.29, 1.82) is 5.26 Å². The third-order valence-electron chi connectivity index (χ3n) is 6.24. The van der Waals surface area contributed by atoms with E-state index in [1.807, 2.05) is 23.1 Å². The Balaban J connectivity index is 1.46. The van der Waals surface area contributed by atoms with Crippen molar-refractivity contribution in [2.75, 3.05) is 19.7 Å². The number of hydrogen-bond donors (Lipinski definition) is 0. The van der Waals surface area contributed by atoms with Gasteiger partial charge >= 0.3 is 6.18 Å². The van der Waals surface area contributed by atoms with Crippen molar-refractivity contribution in [3.63, 3.8) is 0 Å². The maximum absolute atomic E-state index is 14.3. The normalized spacial score (nSPS) is 25.3. The highest BCUT2D eigenvalue weighted by molar-refractivity contribution is 5.31. The topological polar surface area (TPSA) is 62.0 Å². The van der Waals surface area contributed by atoms with Crippen LogP contribution in [0, 0.1) is 16.7 Å². The Morgan fingerprint density at radius 3 is 2.41 bits per heavy atom. The number of aromatic nitrogens is 2. The highest BCUT2D eigenvalue weighted by Gasteiger charge is 2.61. The molecule has 0 bridgehead atoms. The molecule has 5 nitrogen and oxygen atoms in total. The minimum absolute atomic E-state index is 0.224. The van der Waals surface area contributed by atoms with Gasteiger partial charge in [0.2, 0.25) is 0 Å². The first-order valence-electron chi connectivity index (χ1n) is 10.2. The summed E-state index contributed by atoms with van der Waals surface area (Å²) in [6.07, 6.45) is -4.26. The Labute approximate surface area is 181 Å². The number of alkyl halides is 5. The van der Waals surface area contributed by atoms with Crippen LogP contribution in [0.25, 0.3) is 0 Å². The number of rotatable bonds is 6. The van der Waals surface area contributed by atoms with Gasteiger partial charge in [0.05, 0.1) is 17.3 Å². The van der Waals surface area contributed by atoms with Crippen molar-refractivity contribution in [2.45, 2.75) is 44.0 Å². The smallest absolute Gasteiger partial charge is 0.365 e. The molecule has 2 fully saturated rings. The number of nitrogens with zero attached hydrogens (tertiary/aromatic N) is 4. The van der Waals surface area contributed by atoms with Gasteiger partial charge < -0.3 is 4.74 Å². The van der Waals surface area contributed by atoms with E-state index in [2.05, 4.69) is 10.2 Å². The minimum atomic E-state index is -4.56. The second-order valence-electron chi connectivity index (χ2n) is 8.49. The molecule has 170 valence electrons. The van der Waals surface area contributed by atoms with Crippen LogP contribution in [0.3, 0.4) is 0 Å². The second-order valence-corrected chi connectivity index (χ2v) is 8.49. The maximum Gasteiger partial charge on any atom is 0.435 e. The fourth-order valence-electron chi connectivity index (χ4n) is 4.55. The van der Waals surface area contributed by atoms with Crippen molar-refractivity contribution in [3.8, 4) is 6.07 Å². The third kappa shape index (κ3) is 4.59. The molecule has 0 aliphatic carbocycles. The van der Waals surface area contributed by atoms with Gasteiger partial charge in [-0.15, -0.1) is 5.10 Å². The Kier molecular flexibility index (Phi) is 5.90. The molecular weight excluding hydrogens is 431 g/mol. The number of halogens is 5. The first-order chi connectivity index (χ1) is 15.1. The molecule has 2 saturated heterocycles. The zero-order valence-electron chi connectivity index (χ0n) is 17.1. The van der Waals surface area contributed by atoms with Crippen molar-refractivity contribution in [1.82, 2.24) is 15.1 Å². The Morgan fingerprint density at radius 2 is 1.88 bits per heavy atom. The number of aryl methyl sites for hydroxylation is 1. The lowest BCUT2D eigenvalue weighted by atomic mass is 9.72. The predicted molar refractivity (Wildman–Crippen MR) is 104 cm³/mol. The molecular formula is C22H21F5N4O. The summed E-state index contributed by atoms with van der Waals surface area (Å²) in [5, 5.41) is 15.8. The molecule has 0 radical (unpaired) electrons. The van der Waals surface area contributed by atoms with E-state index >= 15 is 0 Å². The number of ether oxygens (including phenoxy) is 1. The summed E-state index contributed by atoms with van der Waals surface area (Å²) in [6, 6.07) is 11.2. The zero-order chi connectivity index (χ0) is 23.0. The van der Waals surface area contributed by atoms with E-state index in [1.54, 1.807) is 12.1 Å². The van der Waals surface area contributed by atoms with Gasteiger partial charge in [-0.2, -0.15) is 23.5 Å². The van der Waals surface area contributed by atoms with E-state index in [0.29, 0.717) is 43.6 Å². The van der Waals surface area contributed by atoms with Gasteiger partial charge in [0, 0.05) is 18.5 Å². The summed E-state index contributed by atoms with van der Waals surface area (Å²) >= 11 is 0. The molecule has 4 rings (SSSR count). The number of likely N-dealkylation sites (tertiary alicyclic amines) is 1. The fourth-order valence-corrected chi connectivity index (χ4v) is 4.55. The van der Waals surface area contributed by atoms with E-state index in [0.717, 1.165) is 11.6 Å². The first-order valence-corrected chi connectivity index (χ1v) is 10.2. The predicted octanol–water partition coefficient (Wildman–Crippen LogP) is 4.23. The molecule has 0 saturated carbocycles. The van der Waals surface area contributed by atoms with Gasteiger partial charge in [-0.3, -0.25) is 4.90 Å². The van der Waals surface area contributed by atoms with Crippen LogP contribution in [0.1, 0.15) is 35.4 Å². The molecule has 2 aliphatic heterocycles. The first kappa shape index (κ1) is 22.6. The Hall–Kier alpha value is -2.64. The SMILES string of the molecule is N#Cc1ccc(CC[C@@]2([C@H]3OCC3(F)F)CCN(Cc3ccc(C(F)(F)F)nn3)C2)cc1. The maximum atomic E-state index is 14.3. The van der Waals surface area contributed by atoms with Gasteiger partial charge in [0.15, 0.2) is 5.69 Å². The third-order valence-corrected chi connectivity index (χ3v) is 6.24. The van der Waals surface area contributed by atoms with Gasteiger partial charge in [-0.25, -0.2) is 8.78 Å². The molecule has 2 aromatic rings. The van der Waals surface area contributed by atoms with Crippen LogP contribution in [-0.2, 0) is 23.9 Å². The number of hydrogen-bond acceptors (Lipinski definition) is 5. The molecule has 2 aliphatic rings. The molecule has 10 heteroatoms.